The maximum Gasteiger partial charge on any atom is 0.222 e. The van der Waals surface area contributed by atoms with Crippen LogP contribution in [0.2, 0.25) is 0 Å². The van der Waals surface area contributed by atoms with Gasteiger partial charge in [-0.15, -0.1) is 0 Å². The fourth-order valence-corrected chi connectivity index (χ4v) is 1.69. The Morgan fingerprint density at radius 2 is 2.19 bits per heavy atom. The van der Waals surface area contributed by atoms with Crippen molar-refractivity contribution in [3.63, 3.8) is 0 Å². The number of fused-ring (bicyclic) bond motifs is 1. The first-order chi connectivity index (χ1) is 7.68. The molecule has 2 rings (SSSR count). The number of hydrogen-bond donors (Lipinski definition) is 2. The summed E-state index contributed by atoms with van der Waals surface area (Å²) in [4.78, 5) is 14.6. The molecule has 0 aliphatic heterocycles. The summed E-state index contributed by atoms with van der Waals surface area (Å²) in [5.74, 6) is 0.123. The Morgan fingerprint density at radius 3 is 2.94 bits per heavy atom. The maximum absolute atomic E-state index is 11.5. The van der Waals surface area contributed by atoms with Crippen LogP contribution in [-0.4, -0.2) is 10.9 Å². The SMILES string of the molecule is CC(C)C(=O)NCc1cccc2[nH]ccc12. The van der Waals surface area contributed by atoms with E-state index in [1.54, 1.807) is 0 Å². The van der Waals surface area contributed by atoms with Gasteiger partial charge in [0.05, 0.1) is 0 Å². The number of benzene rings is 1. The van der Waals surface area contributed by atoms with Gasteiger partial charge in [0.2, 0.25) is 5.91 Å². The summed E-state index contributed by atoms with van der Waals surface area (Å²) in [5.41, 5.74) is 2.25. The lowest BCUT2D eigenvalue weighted by Crippen LogP contribution is -2.27. The predicted octanol–water partition coefficient (Wildman–Crippen LogP) is 2.44. The second-order valence-corrected chi connectivity index (χ2v) is 4.23. The average Bonchev–Trinajstić information content (AvgIpc) is 2.73. The number of rotatable bonds is 3. The number of nitrogens with one attached hydrogen (secondary N) is 2. The summed E-state index contributed by atoms with van der Waals surface area (Å²) in [7, 11) is 0. The zero-order valence-corrected chi connectivity index (χ0v) is 9.58. The van der Waals surface area contributed by atoms with Gasteiger partial charge in [0.15, 0.2) is 0 Å². The molecular weight excluding hydrogens is 200 g/mol. The molecule has 1 heterocycles. The predicted molar refractivity (Wildman–Crippen MR) is 65.0 cm³/mol. The molecule has 0 saturated carbocycles. The standard InChI is InChI=1S/C13H16N2O/c1-9(2)13(16)15-8-10-4-3-5-12-11(10)6-7-14-12/h3-7,9,14H,8H2,1-2H3,(H,15,16). The van der Waals surface area contributed by atoms with Crippen LogP contribution in [0.25, 0.3) is 10.9 Å². The number of carbonyl (C=O) groups is 1. The van der Waals surface area contributed by atoms with E-state index < -0.39 is 0 Å². The van der Waals surface area contributed by atoms with Crippen molar-refractivity contribution < 1.29 is 4.79 Å². The molecule has 3 heteroatoms. The third-order valence-corrected chi connectivity index (χ3v) is 2.66. The molecule has 1 amide bonds. The minimum Gasteiger partial charge on any atom is -0.361 e. The zero-order valence-electron chi connectivity index (χ0n) is 9.58. The van der Waals surface area contributed by atoms with Gasteiger partial charge < -0.3 is 10.3 Å². The molecule has 0 spiro atoms. The van der Waals surface area contributed by atoms with Gasteiger partial charge in [0.25, 0.3) is 0 Å². The Balaban J connectivity index is 2.15. The van der Waals surface area contributed by atoms with Crippen molar-refractivity contribution in [2.75, 3.05) is 0 Å². The van der Waals surface area contributed by atoms with Crippen LogP contribution in [0, 0.1) is 5.92 Å². The first-order valence-corrected chi connectivity index (χ1v) is 5.51. The molecule has 0 radical (unpaired) electrons. The molecule has 84 valence electrons. The summed E-state index contributed by atoms with van der Waals surface area (Å²) in [6.07, 6.45) is 1.92. The Bertz CT molecular complexity index is 499. The molecule has 16 heavy (non-hydrogen) atoms. The van der Waals surface area contributed by atoms with Gasteiger partial charge in [0.1, 0.15) is 0 Å². The smallest absolute Gasteiger partial charge is 0.222 e. The topological polar surface area (TPSA) is 44.9 Å². The summed E-state index contributed by atoms with van der Waals surface area (Å²) in [6, 6.07) is 8.10. The average molecular weight is 216 g/mol. The van der Waals surface area contributed by atoms with E-state index >= 15 is 0 Å². The van der Waals surface area contributed by atoms with E-state index in [2.05, 4.69) is 10.3 Å². The monoisotopic (exact) mass is 216 g/mol. The number of aromatic amines is 1. The Labute approximate surface area is 94.9 Å². The number of H-pyrrole nitrogens is 1. The van der Waals surface area contributed by atoms with Crippen LogP contribution in [0.4, 0.5) is 0 Å². The van der Waals surface area contributed by atoms with E-state index in [0.717, 1.165) is 11.1 Å². The van der Waals surface area contributed by atoms with Crippen molar-refractivity contribution in [3.8, 4) is 0 Å². The highest BCUT2D eigenvalue weighted by Crippen LogP contribution is 2.17. The van der Waals surface area contributed by atoms with Crippen molar-refractivity contribution in [1.29, 1.82) is 0 Å². The minimum atomic E-state index is 0.0328. The molecule has 0 unspecified atom stereocenters. The summed E-state index contributed by atoms with van der Waals surface area (Å²) < 4.78 is 0. The highest BCUT2D eigenvalue weighted by atomic mass is 16.1. The second-order valence-electron chi connectivity index (χ2n) is 4.23. The molecule has 0 saturated heterocycles. The Kier molecular flexibility index (Phi) is 2.95. The molecule has 0 bridgehead atoms. The molecule has 3 nitrogen and oxygen atoms in total. The maximum atomic E-state index is 11.5. The molecule has 0 atom stereocenters. The van der Waals surface area contributed by atoms with Crippen LogP contribution in [0.5, 0.6) is 0 Å². The van der Waals surface area contributed by atoms with Gasteiger partial charge >= 0.3 is 0 Å². The Morgan fingerprint density at radius 1 is 1.38 bits per heavy atom. The molecule has 0 aliphatic rings. The van der Waals surface area contributed by atoms with Gasteiger partial charge in [-0.1, -0.05) is 26.0 Å². The largest absolute Gasteiger partial charge is 0.361 e. The van der Waals surface area contributed by atoms with Gasteiger partial charge in [-0.25, -0.2) is 0 Å². The van der Waals surface area contributed by atoms with Crippen LogP contribution < -0.4 is 5.32 Å². The van der Waals surface area contributed by atoms with Crippen molar-refractivity contribution >= 4 is 16.8 Å². The molecule has 0 fully saturated rings. The van der Waals surface area contributed by atoms with E-state index in [-0.39, 0.29) is 11.8 Å². The fraction of sp³-hybridized carbons (Fsp3) is 0.308. The van der Waals surface area contributed by atoms with Crippen molar-refractivity contribution in [2.24, 2.45) is 5.92 Å². The van der Waals surface area contributed by atoms with Gasteiger partial charge in [0, 0.05) is 29.6 Å². The molecular formula is C13H16N2O. The first kappa shape index (κ1) is 10.7. The van der Waals surface area contributed by atoms with Crippen LogP contribution in [0.3, 0.4) is 0 Å². The summed E-state index contributed by atoms with van der Waals surface area (Å²) in [6.45, 7) is 4.38. The van der Waals surface area contributed by atoms with Crippen LogP contribution in [0.1, 0.15) is 19.4 Å². The molecule has 2 aromatic rings. The van der Waals surface area contributed by atoms with Crippen molar-refractivity contribution in [2.45, 2.75) is 20.4 Å². The van der Waals surface area contributed by atoms with E-state index in [1.165, 1.54) is 5.39 Å². The lowest BCUT2D eigenvalue weighted by atomic mass is 10.1. The van der Waals surface area contributed by atoms with E-state index in [1.807, 2.05) is 44.3 Å². The highest BCUT2D eigenvalue weighted by molar-refractivity contribution is 5.84. The van der Waals surface area contributed by atoms with Gasteiger partial charge in [-0.3, -0.25) is 4.79 Å². The normalized spacial score (nSPS) is 10.9. The summed E-state index contributed by atoms with van der Waals surface area (Å²) >= 11 is 0. The van der Waals surface area contributed by atoms with E-state index in [9.17, 15) is 4.79 Å². The van der Waals surface area contributed by atoms with E-state index in [0.29, 0.717) is 6.54 Å². The molecule has 1 aromatic carbocycles. The lowest BCUT2D eigenvalue weighted by molar-refractivity contribution is -0.124. The second kappa shape index (κ2) is 4.39. The van der Waals surface area contributed by atoms with Crippen LogP contribution in [0.15, 0.2) is 30.5 Å². The van der Waals surface area contributed by atoms with Gasteiger partial charge in [-0.05, 0) is 17.7 Å². The zero-order chi connectivity index (χ0) is 11.5. The highest BCUT2D eigenvalue weighted by Gasteiger charge is 2.07. The number of amides is 1. The third kappa shape index (κ3) is 2.08. The van der Waals surface area contributed by atoms with Gasteiger partial charge in [-0.2, -0.15) is 0 Å². The lowest BCUT2D eigenvalue weighted by Gasteiger charge is -2.08. The number of hydrogen-bond acceptors (Lipinski definition) is 1. The van der Waals surface area contributed by atoms with E-state index in [4.69, 9.17) is 0 Å². The Hall–Kier alpha value is -1.77. The molecule has 0 aliphatic carbocycles. The summed E-state index contributed by atoms with van der Waals surface area (Å²) in [5, 5.41) is 4.10. The number of carbonyl (C=O) groups excluding carboxylic acids is 1. The molecule has 2 N–H and O–H groups in total. The van der Waals surface area contributed by atoms with Crippen LogP contribution >= 0.6 is 0 Å². The molecule has 1 aromatic heterocycles. The number of aromatic nitrogens is 1. The first-order valence-electron chi connectivity index (χ1n) is 5.51. The van der Waals surface area contributed by atoms with Crippen LogP contribution in [-0.2, 0) is 11.3 Å². The third-order valence-electron chi connectivity index (χ3n) is 2.66. The quantitative estimate of drug-likeness (QED) is 0.813. The van der Waals surface area contributed by atoms with Crippen molar-refractivity contribution in [1.82, 2.24) is 10.3 Å². The fourth-order valence-electron chi connectivity index (χ4n) is 1.69. The van der Waals surface area contributed by atoms with Crippen molar-refractivity contribution in [3.05, 3.63) is 36.0 Å². The minimum absolute atomic E-state index is 0.0328.